The number of benzene rings is 1. The summed E-state index contributed by atoms with van der Waals surface area (Å²) in [6.45, 7) is 4.84. The van der Waals surface area contributed by atoms with E-state index in [0.29, 0.717) is 30.1 Å². The fraction of sp³-hybridized carbons (Fsp3) is 0.364. The maximum atomic E-state index is 13.5. The van der Waals surface area contributed by atoms with Gasteiger partial charge in [-0.1, -0.05) is 6.07 Å². The van der Waals surface area contributed by atoms with Crippen LogP contribution in [0.1, 0.15) is 28.3 Å². The van der Waals surface area contributed by atoms with Gasteiger partial charge in [-0.15, -0.1) is 22.7 Å². The van der Waals surface area contributed by atoms with E-state index >= 15 is 0 Å². The number of thiophene rings is 1. The molecule has 6 nitrogen and oxygen atoms in total. The van der Waals surface area contributed by atoms with Crippen molar-refractivity contribution in [2.24, 2.45) is 0 Å². The number of amides is 1. The lowest BCUT2D eigenvalue weighted by Gasteiger charge is -2.27. The molecule has 2 aliphatic rings. The number of aryl methyl sites for hydroxylation is 2. The van der Waals surface area contributed by atoms with Crippen molar-refractivity contribution in [1.82, 2.24) is 9.29 Å². The Labute approximate surface area is 190 Å². The van der Waals surface area contributed by atoms with Gasteiger partial charge in [0, 0.05) is 34.6 Å². The summed E-state index contributed by atoms with van der Waals surface area (Å²) >= 11 is 2.88. The van der Waals surface area contributed by atoms with Crippen molar-refractivity contribution in [3.05, 3.63) is 51.2 Å². The Morgan fingerprint density at radius 3 is 2.71 bits per heavy atom. The number of aromatic nitrogens is 1. The summed E-state index contributed by atoms with van der Waals surface area (Å²) in [6.07, 6.45) is 2.02. The first-order valence-corrected chi connectivity index (χ1v) is 13.4. The van der Waals surface area contributed by atoms with Gasteiger partial charge in [0.15, 0.2) is 0 Å². The summed E-state index contributed by atoms with van der Waals surface area (Å²) in [5, 5.41) is 3.07. The average Bonchev–Trinajstić information content (AvgIpc) is 3.53. The predicted octanol–water partition coefficient (Wildman–Crippen LogP) is 4.23. The van der Waals surface area contributed by atoms with Gasteiger partial charge < -0.3 is 4.90 Å². The molecular formula is C22H23N3O3S3. The van der Waals surface area contributed by atoms with E-state index < -0.39 is 16.1 Å². The molecule has 1 saturated heterocycles. The number of nitrogens with zero attached hydrogens (tertiary/aromatic N) is 3. The Kier molecular flexibility index (Phi) is 5.24. The van der Waals surface area contributed by atoms with Gasteiger partial charge in [-0.05, 0) is 62.9 Å². The molecule has 1 fully saturated rings. The number of rotatable bonds is 4. The molecule has 2 aliphatic heterocycles. The van der Waals surface area contributed by atoms with E-state index in [1.165, 1.54) is 15.6 Å². The highest BCUT2D eigenvalue weighted by atomic mass is 32.2. The Hall–Kier alpha value is -2.07. The van der Waals surface area contributed by atoms with Crippen LogP contribution in [-0.4, -0.2) is 42.7 Å². The second-order valence-electron chi connectivity index (χ2n) is 7.97. The molecule has 1 aromatic carbocycles. The van der Waals surface area contributed by atoms with Gasteiger partial charge in [0.05, 0.1) is 10.7 Å². The minimum absolute atomic E-state index is 0.120. The highest BCUT2D eigenvalue weighted by Crippen LogP contribution is 2.36. The molecule has 31 heavy (non-hydrogen) atoms. The van der Waals surface area contributed by atoms with Gasteiger partial charge in [-0.2, -0.15) is 4.31 Å². The van der Waals surface area contributed by atoms with E-state index in [0.717, 1.165) is 38.8 Å². The largest absolute Gasteiger partial charge is 0.310 e. The lowest BCUT2D eigenvalue weighted by atomic mass is 10.1. The molecule has 3 aromatic rings. The van der Waals surface area contributed by atoms with Crippen LogP contribution in [0.25, 0.3) is 11.3 Å². The summed E-state index contributed by atoms with van der Waals surface area (Å²) in [6, 6.07) is 8.88. The van der Waals surface area contributed by atoms with Gasteiger partial charge in [0.1, 0.15) is 10.3 Å². The predicted molar refractivity (Wildman–Crippen MR) is 124 cm³/mol. The van der Waals surface area contributed by atoms with Crippen molar-refractivity contribution in [2.45, 2.75) is 43.4 Å². The van der Waals surface area contributed by atoms with Crippen LogP contribution < -0.4 is 4.90 Å². The quantitative estimate of drug-likeness (QED) is 0.569. The van der Waals surface area contributed by atoms with Gasteiger partial charge in [-0.3, -0.25) is 4.79 Å². The van der Waals surface area contributed by atoms with Crippen LogP contribution in [0.4, 0.5) is 5.69 Å². The summed E-state index contributed by atoms with van der Waals surface area (Å²) in [5.74, 6) is -0.120. The van der Waals surface area contributed by atoms with E-state index in [1.807, 2.05) is 37.4 Å². The topological polar surface area (TPSA) is 70.6 Å². The molecule has 0 bridgehead atoms. The number of carbonyl (C=O) groups is 1. The normalized spacial score (nSPS) is 19.2. The van der Waals surface area contributed by atoms with Crippen LogP contribution in [0, 0.1) is 13.8 Å². The van der Waals surface area contributed by atoms with Crippen LogP contribution in [0.5, 0.6) is 0 Å². The molecule has 0 unspecified atom stereocenters. The second-order valence-corrected chi connectivity index (χ2v) is 12.4. The Balaban J connectivity index is 1.41. The molecule has 2 aromatic heterocycles. The number of carbonyl (C=O) groups excluding carboxylic acids is 1. The number of hydrogen-bond acceptors (Lipinski definition) is 6. The fourth-order valence-corrected chi connectivity index (χ4v) is 8.09. The first-order chi connectivity index (χ1) is 14.8. The average molecular weight is 474 g/mol. The SMILES string of the molecule is Cc1ccc(S(=O)(=O)N2CCC[C@H]2C(=O)N2CCc3cc(-c4csc(C)n4)ccc32)s1. The molecule has 0 N–H and O–H groups in total. The smallest absolute Gasteiger partial charge is 0.253 e. The number of fused-ring (bicyclic) bond motifs is 1. The molecule has 9 heteroatoms. The zero-order valence-corrected chi connectivity index (χ0v) is 19.8. The lowest BCUT2D eigenvalue weighted by molar-refractivity contribution is -0.121. The zero-order chi connectivity index (χ0) is 21.8. The van der Waals surface area contributed by atoms with Crippen LogP contribution in [-0.2, 0) is 21.2 Å². The zero-order valence-electron chi connectivity index (χ0n) is 17.4. The van der Waals surface area contributed by atoms with E-state index in [1.54, 1.807) is 22.3 Å². The van der Waals surface area contributed by atoms with Crippen molar-refractivity contribution in [3.8, 4) is 11.3 Å². The van der Waals surface area contributed by atoms with Gasteiger partial charge in [0.25, 0.3) is 10.0 Å². The van der Waals surface area contributed by atoms with Crippen LogP contribution in [0.15, 0.2) is 39.9 Å². The molecule has 5 rings (SSSR count). The molecule has 0 saturated carbocycles. The Bertz CT molecular complexity index is 1260. The number of hydrogen-bond donors (Lipinski definition) is 0. The standard InChI is InChI=1S/C22H23N3O3S3/c1-14-5-8-21(30-14)31(27,28)25-10-3-4-20(25)22(26)24-11-9-17-12-16(6-7-19(17)24)18-13-29-15(2)23-18/h5-8,12-13,20H,3-4,9-11H2,1-2H3/t20-/m0/s1. The molecular weight excluding hydrogens is 450 g/mol. The number of thiazole rings is 1. The van der Waals surface area contributed by atoms with E-state index in [4.69, 9.17) is 0 Å². The molecule has 1 atom stereocenters. The van der Waals surface area contributed by atoms with Crippen molar-refractivity contribution < 1.29 is 13.2 Å². The third-order valence-electron chi connectivity index (χ3n) is 5.92. The molecule has 0 aliphatic carbocycles. The molecule has 162 valence electrons. The summed E-state index contributed by atoms with van der Waals surface area (Å²) in [4.78, 5) is 20.7. The van der Waals surface area contributed by atoms with E-state index in [-0.39, 0.29) is 5.91 Å². The van der Waals surface area contributed by atoms with E-state index in [2.05, 4.69) is 11.1 Å². The van der Waals surface area contributed by atoms with Gasteiger partial charge in [-0.25, -0.2) is 13.4 Å². The minimum Gasteiger partial charge on any atom is -0.310 e. The van der Waals surface area contributed by atoms with E-state index in [9.17, 15) is 13.2 Å². The van der Waals surface area contributed by atoms with Gasteiger partial charge >= 0.3 is 0 Å². The van der Waals surface area contributed by atoms with Crippen molar-refractivity contribution in [1.29, 1.82) is 0 Å². The highest BCUT2D eigenvalue weighted by molar-refractivity contribution is 7.91. The number of anilines is 1. The number of sulfonamides is 1. The fourth-order valence-electron chi connectivity index (χ4n) is 4.41. The second kappa shape index (κ2) is 7.81. The molecule has 0 spiro atoms. The van der Waals surface area contributed by atoms with Crippen LogP contribution >= 0.6 is 22.7 Å². The van der Waals surface area contributed by atoms with Crippen LogP contribution in [0.2, 0.25) is 0 Å². The lowest BCUT2D eigenvalue weighted by Crippen LogP contribution is -2.47. The van der Waals surface area contributed by atoms with Crippen molar-refractivity contribution >= 4 is 44.3 Å². The first kappa shape index (κ1) is 20.8. The van der Waals surface area contributed by atoms with Gasteiger partial charge in [0.2, 0.25) is 5.91 Å². The maximum absolute atomic E-state index is 13.5. The molecule has 0 radical (unpaired) electrons. The third-order valence-corrected chi connectivity index (χ3v) is 10.1. The molecule has 1 amide bonds. The Morgan fingerprint density at radius 2 is 2.00 bits per heavy atom. The third kappa shape index (κ3) is 3.63. The summed E-state index contributed by atoms with van der Waals surface area (Å²) in [5.41, 5.74) is 4.00. The van der Waals surface area contributed by atoms with Crippen molar-refractivity contribution in [2.75, 3.05) is 18.0 Å². The monoisotopic (exact) mass is 473 g/mol. The molecule has 4 heterocycles. The first-order valence-electron chi connectivity index (χ1n) is 10.3. The minimum atomic E-state index is -3.66. The van der Waals surface area contributed by atoms with Crippen LogP contribution in [0.3, 0.4) is 0 Å². The highest BCUT2D eigenvalue weighted by Gasteiger charge is 2.43. The maximum Gasteiger partial charge on any atom is 0.253 e. The Morgan fingerprint density at radius 1 is 1.16 bits per heavy atom. The summed E-state index contributed by atoms with van der Waals surface area (Å²) < 4.78 is 28.1. The summed E-state index contributed by atoms with van der Waals surface area (Å²) in [7, 11) is -3.66. The van der Waals surface area contributed by atoms with Crippen molar-refractivity contribution in [3.63, 3.8) is 0 Å².